The second kappa shape index (κ2) is 10.1. The Balaban J connectivity index is 2.06. The minimum Gasteiger partial charge on any atom is -0.495 e. The van der Waals surface area contributed by atoms with E-state index in [0.29, 0.717) is 39.6 Å². The van der Waals surface area contributed by atoms with Crippen molar-refractivity contribution in [2.24, 2.45) is 0 Å². The molecule has 168 valence electrons. The highest BCUT2D eigenvalue weighted by Crippen LogP contribution is 2.38. The molecule has 2 aromatic carbocycles. The number of hydrogen-bond acceptors (Lipinski definition) is 6. The number of benzene rings is 2. The number of carbonyl (C=O) groups excluding carboxylic acids is 2. The summed E-state index contributed by atoms with van der Waals surface area (Å²) >= 11 is 8.77. The van der Waals surface area contributed by atoms with E-state index in [1.807, 2.05) is 20.8 Å². The van der Waals surface area contributed by atoms with Gasteiger partial charge in [-0.1, -0.05) is 12.1 Å². The number of anilines is 1. The van der Waals surface area contributed by atoms with Crippen molar-refractivity contribution in [1.82, 2.24) is 5.32 Å². The van der Waals surface area contributed by atoms with Crippen LogP contribution >= 0.6 is 28.1 Å². The monoisotopic (exact) mass is 518 g/mol. The summed E-state index contributed by atoms with van der Waals surface area (Å²) in [5.74, 6) is 0.376. The first-order valence-electron chi connectivity index (χ1n) is 9.94. The van der Waals surface area contributed by atoms with Crippen LogP contribution in [-0.2, 0) is 9.59 Å². The second-order valence-electron chi connectivity index (χ2n) is 7.06. The second-order valence-corrected chi connectivity index (χ2v) is 8.30. The molecule has 1 aliphatic rings. The molecule has 1 aliphatic heterocycles. The summed E-state index contributed by atoms with van der Waals surface area (Å²) in [6, 6.07) is 10.4. The van der Waals surface area contributed by atoms with E-state index in [9.17, 15) is 9.59 Å². The lowest BCUT2D eigenvalue weighted by Gasteiger charge is -2.29. The van der Waals surface area contributed by atoms with Gasteiger partial charge in [-0.3, -0.25) is 14.9 Å². The largest absolute Gasteiger partial charge is 0.495 e. The molecule has 2 amide bonds. The summed E-state index contributed by atoms with van der Waals surface area (Å²) in [5, 5.41) is 2.56. The number of amides is 2. The number of para-hydroxylation sites is 2. The van der Waals surface area contributed by atoms with Crippen LogP contribution in [-0.4, -0.2) is 36.7 Å². The average Bonchev–Trinajstić information content (AvgIpc) is 2.74. The fourth-order valence-corrected chi connectivity index (χ4v) is 3.97. The lowest BCUT2D eigenvalue weighted by molar-refractivity contribution is -0.122. The molecule has 0 aliphatic carbocycles. The van der Waals surface area contributed by atoms with E-state index in [4.69, 9.17) is 26.4 Å². The van der Waals surface area contributed by atoms with Crippen LogP contribution in [0.3, 0.4) is 0 Å². The molecule has 0 radical (unpaired) electrons. The van der Waals surface area contributed by atoms with Crippen LogP contribution < -0.4 is 24.4 Å². The van der Waals surface area contributed by atoms with Gasteiger partial charge in [-0.05, 0) is 84.8 Å². The highest BCUT2D eigenvalue weighted by Gasteiger charge is 2.35. The van der Waals surface area contributed by atoms with Gasteiger partial charge in [0.05, 0.1) is 30.0 Å². The zero-order chi connectivity index (χ0) is 23.4. The van der Waals surface area contributed by atoms with Crippen molar-refractivity contribution < 1.29 is 23.8 Å². The van der Waals surface area contributed by atoms with Crippen molar-refractivity contribution in [1.29, 1.82) is 0 Å². The molecule has 0 unspecified atom stereocenters. The minimum atomic E-state index is -0.581. The first-order valence-corrected chi connectivity index (χ1v) is 11.1. The summed E-state index contributed by atoms with van der Waals surface area (Å²) in [7, 11) is 1.50. The summed E-state index contributed by atoms with van der Waals surface area (Å²) in [6.07, 6.45) is 1.43. The SMILES string of the molecule is CCOc1cc(/C=C2\C(=O)NC(=S)N(c3ccccc3OC)C2=O)cc(Br)c1OC(C)C. The molecule has 1 heterocycles. The molecular formula is C23H23BrN2O5S. The smallest absolute Gasteiger partial charge is 0.270 e. The maximum atomic E-state index is 13.3. The number of rotatable bonds is 7. The lowest BCUT2D eigenvalue weighted by Crippen LogP contribution is -2.54. The van der Waals surface area contributed by atoms with E-state index in [2.05, 4.69) is 21.2 Å². The van der Waals surface area contributed by atoms with Crippen molar-refractivity contribution in [3.05, 3.63) is 52.0 Å². The molecule has 0 bridgehead atoms. The predicted octanol–water partition coefficient (Wildman–Crippen LogP) is 4.47. The van der Waals surface area contributed by atoms with Crippen LogP contribution in [0.5, 0.6) is 17.2 Å². The molecule has 0 saturated carbocycles. The van der Waals surface area contributed by atoms with Gasteiger partial charge in [0.2, 0.25) is 0 Å². The number of thiocarbonyl (C=S) groups is 1. The van der Waals surface area contributed by atoms with Crippen molar-refractivity contribution in [2.45, 2.75) is 26.9 Å². The van der Waals surface area contributed by atoms with E-state index in [1.54, 1.807) is 36.4 Å². The molecular weight excluding hydrogens is 496 g/mol. The highest BCUT2D eigenvalue weighted by molar-refractivity contribution is 9.10. The Morgan fingerprint density at radius 2 is 1.91 bits per heavy atom. The fourth-order valence-electron chi connectivity index (χ4n) is 3.14. The quantitative estimate of drug-likeness (QED) is 0.331. The topological polar surface area (TPSA) is 77.1 Å². The maximum absolute atomic E-state index is 13.3. The van der Waals surface area contributed by atoms with Gasteiger partial charge in [0, 0.05) is 0 Å². The van der Waals surface area contributed by atoms with Gasteiger partial charge in [-0.2, -0.15) is 0 Å². The van der Waals surface area contributed by atoms with Crippen LogP contribution in [0.1, 0.15) is 26.3 Å². The Bertz CT molecular complexity index is 1100. The molecule has 2 aromatic rings. The van der Waals surface area contributed by atoms with Crippen molar-refractivity contribution >= 4 is 56.8 Å². The van der Waals surface area contributed by atoms with Crippen LogP contribution in [0.2, 0.25) is 0 Å². The van der Waals surface area contributed by atoms with E-state index < -0.39 is 11.8 Å². The number of halogens is 1. The van der Waals surface area contributed by atoms with Crippen molar-refractivity contribution in [3.8, 4) is 17.2 Å². The maximum Gasteiger partial charge on any atom is 0.270 e. The van der Waals surface area contributed by atoms with Gasteiger partial charge < -0.3 is 14.2 Å². The third-order valence-corrected chi connectivity index (χ3v) is 5.30. The van der Waals surface area contributed by atoms with Crippen LogP contribution in [0, 0.1) is 0 Å². The van der Waals surface area contributed by atoms with Gasteiger partial charge in [0.1, 0.15) is 11.3 Å². The van der Waals surface area contributed by atoms with Crippen LogP contribution in [0.15, 0.2) is 46.4 Å². The molecule has 1 saturated heterocycles. The summed E-state index contributed by atoms with van der Waals surface area (Å²) in [6.45, 7) is 6.12. The number of carbonyl (C=O) groups is 2. The number of methoxy groups -OCH3 is 1. The van der Waals surface area contributed by atoms with E-state index in [-0.39, 0.29) is 16.8 Å². The predicted molar refractivity (Wildman–Crippen MR) is 130 cm³/mol. The lowest BCUT2D eigenvalue weighted by atomic mass is 10.1. The Kier molecular flexibility index (Phi) is 7.52. The Hall–Kier alpha value is -2.91. The van der Waals surface area contributed by atoms with E-state index >= 15 is 0 Å². The molecule has 7 nitrogen and oxygen atoms in total. The van der Waals surface area contributed by atoms with Gasteiger partial charge in [0.15, 0.2) is 16.6 Å². The third-order valence-electron chi connectivity index (χ3n) is 4.42. The van der Waals surface area contributed by atoms with Gasteiger partial charge in [-0.15, -0.1) is 0 Å². The zero-order valence-corrected chi connectivity index (χ0v) is 20.5. The minimum absolute atomic E-state index is 0.0153. The van der Waals surface area contributed by atoms with Gasteiger partial charge in [-0.25, -0.2) is 4.90 Å². The number of ether oxygens (including phenoxy) is 3. The zero-order valence-electron chi connectivity index (χ0n) is 18.1. The Morgan fingerprint density at radius 3 is 2.56 bits per heavy atom. The Morgan fingerprint density at radius 1 is 1.19 bits per heavy atom. The van der Waals surface area contributed by atoms with Crippen LogP contribution in [0.4, 0.5) is 5.69 Å². The normalized spacial score (nSPS) is 15.2. The molecule has 1 N–H and O–H groups in total. The van der Waals surface area contributed by atoms with Crippen molar-refractivity contribution in [2.75, 3.05) is 18.6 Å². The first-order chi connectivity index (χ1) is 15.3. The summed E-state index contributed by atoms with van der Waals surface area (Å²) in [5.41, 5.74) is 0.951. The molecule has 32 heavy (non-hydrogen) atoms. The standard InChI is InChI=1S/C23H23BrN2O5S/c1-5-30-19-12-14(11-16(24)20(19)31-13(2)3)10-15-21(27)25-23(32)26(22(15)28)17-8-6-7-9-18(17)29-4/h6-13H,5H2,1-4H3,(H,25,27,32)/b15-10+. The molecule has 3 rings (SSSR count). The number of hydrogen-bond donors (Lipinski definition) is 1. The summed E-state index contributed by atoms with van der Waals surface area (Å²) in [4.78, 5) is 27.2. The van der Waals surface area contributed by atoms with Crippen LogP contribution in [0.25, 0.3) is 6.08 Å². The Labute approximate surface area is 200 Å². The van der Waals surface area contributed by atoms with Gasteiger partial charge in [0.25, 0.3) is 11.8 Å². The first kappa shape index (κ1) is 23.7. The molecule has 1 fully saturated rings. The highest BCUT2D eigenvalue weighted by atomic mass is 79.9. The van der Waals surface area contributed by atoms with Crippen molar-refractivity contribution in [3.63, 3.8) is 0 Å². The number of nitrogens with zero attached hydrogens (tertiary/aromatic N) is 1. The average molecular weight is 519 g/mol. The molecule has 0 spiro atoms. The van der Waals surface area contributed by atoms with Gasteiger partial charge >= 0.3 is 0 Å². The van der Waals surface area contributed by atoms with E-state index in [0.717, 1.165) is 0 Å². The molecule has 0 atom stereocenters. The third kappa shape index (κ3) is 4.94. The van der Waals surface area contributed by atoms with E-state index in [1.165, 1.54) is 18.1 Å². The number of nitrogens with one attached hydrogen (secondary N) is 1. The fraction of sp³-hybridized carbons (Fsp3) is 0.261. The molecule has 9 heteroatoms. The molecule has 0 aromatic heterocycles. The summed E-state index contributed by atoms with van der Waals surface area (Å²) < 4.78 is 17.6.